The molecule has 0 saturated carbocycles. The first-order valence-corrected chi connectivity index (χ1v) is 9.76. The third kappa shape index (κ3) is 6.29. The van der Waals surface area contributed by atoms with Gasteiger partial charge in [-0.15, -0.1) is 0 Å². The fourth-order valence-corrected chi connectivity index (χ4v) is 5.66. The van der Waals surface area contributed by atoms with Crippen molar-refractivity contribution in [1.29, 1.82) is 0 Å². The summed E-state index contributed by atoms with van der Waals surface area (Å²) in [7, 11) is 0. The molecular formula is C10H20O6Zr. The van der Waals surface area contributed by atoms with Crippen LogP contribution in [0.2, 0.25) is 0 Å². The Morgan fingerprint density at radius 1 is 0.824 bits per heavy atom. The summed E-state index contributed by atoms with van der Waals surface area (Å²) in [5.74, 6) is -0.960. The molecule has 0 saturated heterocycles. The van der Waals surface area contributed by atoms with Gasteiger partial charge in [-0.3, -0.25) is 0 Å². The van der Waals surface area contributed by atoms with E-state index in [0.717, 1.165) is 0 Å². The van der Waals surface area contributed by atoms with Crippen LogP contribution >= 0.6 is 0 Å². The normalized spacial score (nSPS) is 11.1. The van der Waals surface area contributed by atoms with Gasteiger partial charge in [-0.1, -0.05) is 0 Å². The molecule has 100 valence electrons. The van der Waals surface area contributed by atoms with Gasteiger partial charge in [-0.2, -0.15) is 0 Å². The van der Waals surface area contributed by atoms with Crippen molar-refractivity contribution >= 4 is 11.9 Å². The second kappa shape index (κ2) is 8.78. The Morgan fingerprint density at radius 2 is 1.18 bits per heavy atom. The molecular weight excluding hydrogens is 307 g/mol. The Labute approximate surface area is 108 Å². The predicted octanol–water partition coefficient (Wildman–Crippen LogP) is 1.78. The molecule has 0 aliphatic heterocycles. The summed E-state index contributed by atoms with van der Waals surface area (Å²) in [4.78, 5) is 22.7. The van der Waals surface area contributed by atoms with Crippen LogP contribution in [-0.2, 0) is 42.9 Å². The van der Waals surface area contributed by atoms with Crippen molar-refractivity contribution in [3.05, 3.63) is 0 Å². The molecule has 0 aliphatic rings. The molecule has 0 N–H and O–H groups in total. The van der Waals surface area contributed by atoms with Gasteiger partial charge in [-0.25, -0.2) is 0 Å². The van der Waals surface area contributed by atoms with Crippen molar-refractivity contribution in [2.75, 3.05) is 13.2 Å². The van der Waals surface area contributed by atoms with Crippen LogP contribution in [0.4, 0.5) is 0 Å². The van der Waals surface area contributed by atoms with Gasteiger partial charge in [0.15, 0.2) is 0 Å². The van der Waals surface area contributed by atoms with Gasteiger partial charge in [0.2, 0.25) is 0 Å². The number of carbonyl (C=O) groups excluding carboxylic acids is 2. The van der Waals surface area contributed by atoms with Gasteiger partial charge in [0.25, 0.3) is 0 Å². The average Bonchev–Trinajstić information content (AvgIpc) is 2.29. The minimum atomic E-state index is -4.49. The van der Waals surface area contributed by atoms with Gasteiger partial charge < -0.3 is 0 Å². The van der Waals surface area contributed by atoms with E-state index < -0.39 is 34.0 Å². The summed E-state index contributed by atoms with van der Waals surface area (Å²) in [6, 6.07) is 0. The van der Waals surface area contributed by atoms with Gasteiger partial charge in [0.1, 0.15) is 0 Å². The van der Waals surface area contributed by atoms with Gasteiger partial charge >= 0.3 is 109 Å². The summed E-state index contributed by atoms with van der Waals surface area (Å²) < 4.78 is 20.9. The average molecular weight is 327 g/mol. The zero-order valence-corrected chi connectivity index (χ0v) is 13.2. The van der Waals surface area contributed by atoms with Crippen molar-refractivity contribution < 1.29 is 42.9 Å². The first kappa shape index (κ1) is 16.7. The molecule has 0 bridgehead atoms. The Hall–Kier alpha value is -0.257. The molecule has 0 rings (SSSR count). The fourth-order valence-electron chi connectivity index (χ4n) is 0.957. The molecule has 0 spiro atoms. The van der Waals surface area contributed by atoms with E-state index in [2.05, 4.69) is 0 Å². The minimum absolute atomic E-state index is 0.183. The topological polar surface area (TPSA) is 71.1 Å². The Bertz CT molecular complexity index is 229. The molecule has 7 heteroatoms. The molecule has 0 aromatic rings. The number of rotatable bonds is 8. The van der Waals surface area contributed by atoms with E-state index >= 15 is 0 Å². The molecule has 0 atom stereocenters. The van der Waals surface area contributed by atoms with E-state index in [-0.39, 0.29) is 26.1 Å². The van der Waals surface area contributed by atoms with Gasteiger partial charge in [-0.05, 0) is 0 Å². The Balaban J connectivity index is 4.82. The second-order valence-corrected chi connectivity index (χ2v) is 7.90. The van der Waals surface area contributed by atoms with E-state index in [0.29, 0.717) is 0 Å². The van der Waals surface area contributed by atoms with Crippen molar-refractivity contribution in [3.8, 4) is 0 Å². The third-order valence-electron chi connectivity index (χ3n) is 1.70. The summed E-state index contributed by atoms with van der Waals surface area (Å²) in [6.45, 7) is 7.29. The van der Waals surface area contributed by atoms with E-state index in [1.165, 1.54) is 0 Å². The van der Waals surface area contributed by atoms with E-state index in [9.17, 15) is 9.59 Å². The molecule has 0 aromatic carbocycles. The van der Waals surface area contributed by atoms with E-state index in [1.54, 1.807) is 27.7 Å². The molecule has 0 aromatic heterocycles. The molecule has 0 unspecified atom stereocenters. The molecule has 0 fully saturated rings. The molecule has 0 radical (unpaired) electrons. The second-order valence-electron chi connectivity index (χ2n) is 3.02. The van der Waals surface area contributed by atoms with Crippen LogP contribution in [0.5, 0.6) is 0 Å². The van der Waals surface area contributed by atoms with Crippen LogP contribution in [-0.4, -0.2) is 25.2 Å². The maximum atomic E-state index is 11.3. The molecule has 0 amide bonds. The first-order valence-electron chi connectivity index (χ1n) is 5.75. The fraction of sp³-hybridized carbons (Fsp3) is 0.800. The predicted molar refractivity (Wildman–Crippen MR) is 56.0 cm³/mol. The first-order chi connectivity index (χ1) is 8.03. The quantitative estimate of drug-likeness (QED) is 0.677. The molecule has 6 nitrogen and oxygen atoms in total. The number of carbonyl (C=O) groups is 2. The number of hydrogen-bond acceptors (Lipinski definition) is 6. The number of hydrogen-bond donors (Lipinski definition) is 0. The van der Waals surface area contributed by atoms with Gasteiger partial charge in [0.05, 0.1) is 0 Å². The van der Waals surface area contributed by atoms with Crippen molar-refractivity contribution in [1.82, 2.24) is 0 Å². The Morgan fingerprint density at radius 3 is 1.41 bits per heavy atom. The standard InChI is InChI=1S/2C3H6O2.2C2H5O.Zr/c2*1-2-3(4)5;2*1-2-3;/h2*2H2,1H3,(H,4,5);2*2H2,1H3;/q;;2*-1;+4/p-2. The zero-order chi connectivity index (χ0) is 13.3. The monoisotopic (exact) mass is 326 g/mol. The summed E-state index contributed by atoms with van der Waals surface area (Å²) >= 11 is -4.49. The van der Waals surface area contributed by atoms with Crippen LogP contribution in [0.1, 0.15) is 40.5 Å². The van der Waals surface area contributed by atoms with Crippen molar-refractivity contribution in [3.63, 3.8) is 0 Å². The van der Waals surface area contributed by atoms with Crippen LogP contribution in [0, 0.1) is 0 Å². The third-order valence-corrected chi connectivity index (χ3v) is 7.20. The molecule has 0 heterocycles. The molecule has 17 heavy (non-hydrogen) atoms. The van der Waals surface area contributed by atoms with Gasteiger partial charge in [0, 0.05) is 0 Å². The SMILES string of the molecule is CC[O][Zr]([O]CC)([O]C(=O)CC)[O]C(=O)CC. The molecule has 0 aliphatic carbocycles. The van der Waals surface area contributed by atoms with E-state index in [1.807, 2.05) is 0 Å². The van der Waals surface area contributed by atoms with Crippen molar-refractivity contribution in [2.24, 2.45) is 0 Å². The summed E-state index contributed by atoms with van der Waals surface area (Å²) in [5, 5.41) is 0. The maximum absolute atomic E-state index is 11.3. The Kier molecular flexibility index (Phi) is 8.65. The van der Waals surface area contributed by atoms with Crippen molar-refractivity contribution in [2.45, 2.75) is 40.5 Å². The summed E-state index contributed by atoms with van der Waals surface area (Å²) in [6.07, 6.45) is 0.366. The van der Waals surface area contributed by atoms with E-state index in [4.69, 9.17) is 11.3 Å². The summed E-state index contributed by atoms with van der Waals surface area (Å²) in [5.41, 5.74) is 0. The van der Waals surface area contributed by atoms with Crippen LogP contribution < -0.4 is 0 Å². The van der Waals surface area contributed by atoms with Crippen LogP contribution in [0.15, 0.2) is 0 Å². The van der Waals surface area contributed by atoms with Crippen LogP contribution in [0.3, 0.4) is 0 Å². The van der Waals surface area contributed by atoms with Crippen LogP contribution in [0.25, 0.3) is 0 Å². The zero-order valence-electron chi connectivity index (χ0n) is 10.8.